The van der Waals surface area contributed by atoms with E-state index in [4.69, 9.17) is 4.74 Å². The molecule has 0 aliphatic rings. The summed E-state index contributed by atoms with van der Waals surface area (Å²) in [6, 6.07) is 4.03. The largest absolute Gasteiger partial charge is 0.381 e. The molecule has 3 nitrogen and oxygen atoms in total. The van der Waals surface area contributed by atoms with E-state index in [0.29, 0.717) is 13.2 Å². The number of nitrogens with one attached hydrogen (secondary N) is 1. The van der Waals surface area contributed by atoms with Crippen LogP contribution in [0.25, 0.3) is 10.2 Å². The van der Waals surface area contributed by atoms with Gasteiger partial charge in [-0.2, -0.15) is 0 Å². The summed E-state index contributed by atoms with van der Waals surface area (Å²) in [5.74, 6) is 0. The molecule has 0 aliphatic carbocycles. The van der Waals surface area contributed by atoms with Gasteiger partial charge in [0.05, 0.1) is 29.1 Å². The van der Waals surface area contributed by atoms with Gasteiger partial charge in [0, 0.05) is 12.7 Å². The average Bonchev–Trinajstić information content (AvgIpc) is 2.77. The first-order valence-corrected chi connectivity index (χ1v) is 6.43. The van der Waals surface area contributed by atoms with Crippen molar-refractivity contribution in [3.05, 3.63) is 35.9 Å². The number of nitrogens with zero attached hydrogens (tertiary/aromatic N) is 1. The molecule has 0 atom stereocenters. The molecule has 0 saturated heterocycles. The fraction of sp³-hybridized carbons (Fsp3) is 0.308. The molecule has 0 bridgehead atoms. The van der Waals surface area contributed by atoms with E-state index in [-0.39, 0.29) is 0 Å². The number of ether oxygens (including phenoxy) is 1. The Kier molecular flexibility index (Phi) is 4.12. The van der Waals surface area contributed by atoms with Gasteiger partial charge in [0.2, 0.25) is 0 Å². The maximum atomic E-state index is 5.44. The van der Waals surface area contributed by atoms with Gasteiger partial charge >= 0.3 is 0 Å². The summed E-state index contributed by atoms with van der Waals surface area (Å²) in [5.41, 5.74) is 3.22. The Bertz CT molecular complexity index is 507. The lowest BCUT2D eigenvalue weighted by atomic mass is 10.3. The van der Waals surface area contributed by atoms with Crippen molar-refractivity contribution in [3.63, 3.8) is 0 Å². The minimum Gasteiger partial charge on any atom is -0.381 e. The number of thiophene rings is 1. The first-order chi connectivity index (χ1) is 8.27. The number of rotatable bonds is 6. The molecule has 17 heavy (non-hydrogen) atoms. The van der Waals surface area contributed by atoms with Crippen LogP contribution in [0.3, 0.4) is 0 Å². The third-order valence-corrected chi connectivity index (χ3v) is 3.19. The number of anilines is 1. The topological polar surface area (TPSA) is 34.1 Å². The van der Waals surface area contributed by atoms with Gasteiger partial charge < -0.3 is 10.1 Å². The zero-order valence-corrected chi connectivity index (χ0v) is 10.7. The van der Waals surface area contributed by atoms with Crippen molar-refractivity contribution < 1.29 is 4.74 Å². The van der Waals surface area contributed by atoms with Crippen molar-refractivity contribution in [2.24, 2.45) is 0 Å². The summed E-state index contributed by atoms with van der Waals surface area (Å²) in [5, 5.41) is 5.42. The Morgan fingerprint density at radius 1 is 1.53 bits per heavy atom. The molecule has 2 heterocycles. The van der Waals surface area contributed by atoms with Gasteiger partial charge in [0.15, 0.2) is 0 Å². The van der Waals surface area contributed by atoms with Crippen LogP contribution in [-0.4, -0.2) is 24.7 Å². The van der Waals surface area contributed by atoms with Gasteiger partial charge in [-0.05, 0) is 24.4 Å². The average molecular weight is 248 g/mol. The molecule has 0 fully saturated rings. The van der Waals surface area contributed by atoms with Crippen molar-refractivity contribution in [1.29, 1.82) is 0 Å². The van der Waals surface area contributed by atoms with Crippen LogP contribution in [0.2, 0.25) is 0 Å². The Morgan fingerprint density at radius 2 is 2.41 bits per heavy atom. The highest BCUT2D eigenvalue weighted by molar-refractivity contribution is 7.17. The second-order valence-corrected chi connectivity index (χ2v) is 4.85. The second kappa shape index (κ2) is 5.80. The molecule has 0 aromatic carbocycles. The standard InChI is InChI=1S/C13H16N2OS/c1-10(2)9-16-7-6-15-11-3-5-14-12-4-8-17-13(11)12/h3-5,8H,1,6-7,9H2,2H3,(H,14,15). The molecule has 0 unspecified atom stereocenters. The van der Waals surface area contributed by atoms with Crippen molar-refractivity contribution in [2.45, 2.75) is 6.92 Å². The fourth-order valence-electron chi connectivity index (χ4n) is 1.52. The van der Waals surface area contributed by atoms with E-state index in [9.17, 15) is 0 Å². The lowest BCUT2D eigenvalue weighted by Gasteiger charge is -2.07. The molecule has 2 aromatic heterocycles. The molecule has 90 valence electrons. The summed E-state index contributed by atoms with van der Waals surface area (Å²) < 4.78 is 6.64. The van der Waals surface area contributed by atoms with Crippen LogP contribution in [0, 0.1) is 0 Å². The molecule has 0 radical (unpaired) electrons. The van der Waals surface area contributed by atoms with Crippen molar-refractivity contribution >= 4 is 27.2 Å². The number of pyridine rings is 1. The van der Waals surface area contributed by atoms with Crippen LogP contribution in [0.1, 0.15) is 6.92 Å². The number of fused-ring (bicyclic) bond motifs is 1. The molecule has 0 amide bonds. The molecule has 0 aliphatic heterocycles. The van der Waals surface area contributed by atoms with Gasteiger partial charge in [-0.1, -0.05) is 12.2 Å². The normalized spacial score (nSPS) is 10.6. The minimum absolute atomic E-state index is 0.631. The quantitative estimate of drug-likeness (QED) is 0.629. The van der Waals surface area contributed by atoms with Gasteiger partial charge in [0.1, 0.15) is 0 Å². The van der Waals surface area contributed by atoms with Crippen LogP contribution in [0.4, 0.5) is 5.69 Å². The van der Waals surface area contributed by atoms with Gasteiger partial charge in [-0.15, -0.1) is 11.3 Å². The highest BCUT2D eigenvalue weighted by atomic mass is 32.1. The summed E-state index contributed by atoms with van der Waals surface area (Å²) >= 11 is 1.70. The molecule has 2 aromatic rings. The Hall–Kier alpha value is -1.39. The van der Waals surface area contributed by atoms with Crippen LogP contribution in [0.5, 0.6) is 0 Å². The number of hydrogen-bond acceptors (Lipinski definition) is 4. The fourth-order valence-corrected chi connectivity index (χ4v) is 2.36. The summed E-state index contributed by atoms with van der Waals surface area (Å²) in [4.78, 5) is 4.30. The lowest BCUT2D eigenvalue weighted by Crippen LogP contribution is -2.10. The summed E-state index contributed by atoms with van der Waals surface area (Å²) in [7, 11) is 0. The van der Waals surface area contributed by atoms with E-state index < -0.39 is 0 Å². The van der Waals surface area contributed by atoms with E-state index in [2.05, 4.69) is 22.3 Å². The second-order valence-electron chi connectivity index (χ2n) is 3.93. The molecule has 2 rings (SSSR count). The highest BCUT2D eigenvalue weighted by Gasteiger charge is 2.01. The van der Waals surface area contributed by atoms with E-state index in [1.54, 1.807) is 11.3 Å². The minimum atomic E-state index is 0.631. The zero-order valence-electron chi connectivity index (χ0n) is 9.90. The van der Waals surface area contributed by atoms with E-state index in [1.165, 1.54) is 4.70 Å². The molecular weight excluding hydrogens is 232 g/mol. The number of aromatic nitrogens is 1. The molecule has 0 spiro atoms. The smallest absolute Gasteiger partial charge is 0.0830 e. The zero-order chi connectivity index (χ0) is 12.1. The van der Waals surface area contributed by atoms with E-state index >= 15 is 0 Å². The van der Waals surface area contributed by atoms with E-state index in [0.717, 1.165) is 23.3 Å². The highest BCUT2D eigenvalue weighted by Crippen LogP contribution is 2.26. The monoisotopic (exact) mass is 248 g/mol. The van der Waals surface area contributed by atoms with Crippen LogP contribution >= 0.6 is 11.3 Å². The van der Waals surface area contributed by atoms with Gasteiger partial charge in [-0.3, -0.25) is 4.98 Å². The Morgan fingerprint density at radius 3 is 3.24 bits per heavy atom. The number of hydrogen-bond donors (Lipinski definition) is 1. The lowest BCUT2D eigenvalue weighted by molar-refractivity contribution is 0.167. The Balaban J connectivity index is 1.86. The van der Waals surface area contributed by atoms with Crippen molar-refractivity contribution in [1.82, 2.24) is 4.98 Å². The molecule has 1 N–H and O–H groups in total. The Labute approximate surface area is 105 Å². The van der Waals surface area contributed by atoms with Crippen LogP contribution < -0.4 is 5.32 Å². The summed E-state index contributed by atoms with van der Waals surface area (Å²) in [6.07, 6.45) is 1.83. The first kappa shape index (κ1) is 12.1. The molecule has 0 saturated carbocycles. The summed E-state index contributed by atoms with van der Waals surface area (Å²) in [6.45, 7) is 7.87. The third kappa shape index (κ3) is 3.28. The van der Waals surface area contributed by atoms with Gasteiger partial charge in [0.25, 0.3) is 0 Å². The van der Waals surface area contributed by atoms with Gasteiger partial charge in [-0.25, -0.2) is 0 Å². The predicted molar refractivity (Wildman–Crippen MR) is 73.7 cm³/mol. The van der Waals surface area contributed by atoms with Crippen molar-refractivity contribution in [3.8, 4) is 0 Å². The maximum absolute atomic E-state index is 5.44. The SMILES string of the molecule is C=C(C)COCCNc1ccnc2ccsc12. The predicted octanol–water partition coefficient (Wildman–Crippen LogP) is 3.30. The molecule has 4 heteroatoms. The third-order valence-electron chi connectivity index (χ3n) is 2.25. The molecular formula is C13H16N2OS. The first-order valence-electron chi connectivity index (χ1n) is 5.55. The van der Waals surface area contributed by atoms with Crippen molar-refractivity contribution in [2.75, 3.05) is 25.1 Å². The van der Waals surface area contributed by atoms with E-state index in [1.807, 2.05) is 25.3 Å². The maximum Gasteiger partial charge on any atom is 0.0830 e. The van der Waals surface area contributed by atoms with Crippen LogP contribution in [0.15, 0.2) is 35.9 Å². The van der Waals surface area contributed by atoms with Crippen LogP contribution in [-0.2, 0) is 4.74 Å².